The molecule has 23 heavy (non-hydrogen) atoms. The SMILES string of the molecule is CCOC(=O)[C@H](CCSC)NC(=O)Cc1c(C)cc(C)cc1C. The molecule has 128 valence electrons. The van der Waals surface area contributed by atoms with Gasteiger partial charge in [0.05, 0.1) is 13.0 Å². The summed E-state index contributed by atoms with van der Waals surface area (Å²) in [5.41, 5.74) is 4.43. The molecule has 0 heterocycles. The summed E-state index contributed by atoms with van der Waals surface area (Å²) in [6, 6.07) is 3.58. The first-order valence-corrected chi connectivity index (χ1v) is 9.30. The standard InChI is InChI=1S/C18H27NO3S/c1-6-22-18(21)16(7-8-23-5)19-17(20)11-15-13(3)9-12(2)10-14(15)4/h9-10,16H,6-8,11H2,1-5H3,(H,19,20)/t16-/m0/s1. The molecule has 1 amide bonds. The molecule has 0 fully saturated rings. The van der Waals surface area contributed by atoms with Crippen LogP contribution in [0.1, 0.15) is 35.6 Å². The lowest BCUT2D eigenvalue weighted by atomic mass is 9.97. The van der Waals surface area contributed by atoms with Gasteiger partial charge in [0, 0.05) is 0 Å². The summed E-state index contributed by atoms with van der Waals surface area (Å²) >= 11 is 1.64. The summed E-state index contributed by atoms with van der Waals surface area (Å²) in [4.78, 5) is 24.3. The number of ether oxygens (including phenoxy) is 1. The van der Waals surface area contributed by atoms with Crippen molar-refractivity contribution in [2.75, 3.05) is 18.6 Å². The molecule has 0 saturated carbocycles. The first-order valence-electron chi connectivity index (χ1n) is 7.90. The molecule has 0 aliphatic carbocycles. The third-order valence-corrected chi connectivity index (χ3v) is 4.34. The largest absolute Gasteiger partial charge is 0.464 e. The quantitative estimate of drug-likeness (QED) is 0.741. The van der Waals surface area contributed by atoms with Gasteiger partial charge in [-0.25, -0.2) is 4.79 Å². The Morgan fingerprint density at radius 2 is 1.83 bits per heavy atom. The molecule has 0 aliphatic heterocycles. The predicted octanol–water partition coefficient (Wildman–Crippen LogP) is 2.96. The highest BCUT2D eigenvalue weighted by atomic mass is 32.2. The van der Waals surface area contributed by atoms with Crippen molar-refractivity contribution in [3.05, 3.63) is 34.4 Å². The fourth-order valence-electron chi connectivity index (χ4n) is 2.62. The average Bonchev–Trinajstić information content (AvgIpc) is 2.47. The summed E-state index contributed by atoms with van der Waals surface area (Å²) in [7, 11) is 0. The monoisotopic (exact) mass is 337 g/mol. The minimum absolute atomic E-state index is 0.140. The maximum atomic E-state index is 12.4. The molecule has 0 spiro atoms. The van der Waals surface area contributed by atoms with Crippen molar-refractivity contribution < 1.29 is 14.3 Å². The van der Waals surface area contributed by atoms with E-state index in [9.17, 15) is 9.59 Å². The molecule has 1 N–H and O–H groups in total. The van der Waals surface area contributed by atoms with Gasteiger partial charge in [0.2, 0.25) is 5.91 Å². The predicted molar refractivity (Wildman–Crippen MR) is 95.9 cm³/mol. The lowest BCUT2D eigenvalue weighted by Crippen LogP contribution is -2.43. The summed E-state index contributed by atoms with van der Waals surface area (Å²) in [5.74, 6) is 0.304. The van der Waals surface area contributed by atoms with Crippen molar-refractivity contribution in [3.8, 4) is 0 Å². The van der Waals surface area contributed by atoms with E-state index >= 15 is 0 Å². The Labute approximate surface area is 143 Å². The lowest BCUT2D eigenvalue weighted by Gasteiger charge is -2.18. The minimum Gasteiger partial charge on any atom is -0.464 e. The fraction of sp³-hybridized carbons (Fsp3) is 0.556. The molecular weight excluding hydrogens is 310 g/mol. The molecule has 1 rings (SSSR count). The van der Waals surface area contributed by atoms with E-state index in [2.05, 4.69) is 17.4 Å². The van der Waals surface area contributed by atoms with Crippen LogP contribution in [0.25, 0.3) is 0 Å². The van der Waals surface area contributed by atoms with E-state index in [1.807, 2.05) is 27.0 Å². The van der Waals surface area contributed by atoms with Gasteiger partial charge < -0.3 is 10.1 Å². The van der Waals surface area contributed by atoms with E-state index in [0.29, 0.717) is 13.0 Å². The molecule has 0 aromatic heterocycles. The van der Waals surface area contributed by atoms with Gasteiger partial charge in [0.1, 0.15) is 6.04 Å². The molecule has 0 aliphatic rings. The molecular formula is C18H27NO3S. The summed E-state index contributed by atoms with van der Waals surface area (Å²) < 4.78 is 5.05. The Kier molecular flexibility index (Phi) is 8.17. The number of carbonyl (C=O) groups is 2. The smallest absolute Gasteiger partial charge is 0.328 e. The molecule has 4 nitrogen and oxygen atoms in total. The number of benzene rings is 1. The van der Waals surface area contributed by atoms with E-state index < -0.39 is 6.04 Å². The van der Waals surface area contributed by atoms with Gasteiger partial charge in [-0.1, -0.05) is 17.7 Å². The molecule has 5 heteroatoms. The van der Waals surface area contributed by atoms with Crippen LogP contribution in [-0.2, 0) is 20.7 Å². The van der Waals surface area contributed by atoms with E-state index in [0.717, 1.165) is 22.4 Å². The van der Waals surface area contributed by atoms with E-state index in [4.69, 9.17) is 4.74 Å². The summed E-state index contributed by atoms with van der Waals surface area (Å²) in [6.07, 6.45) is 2.84. The Morgan fingerprint density at radius 1 is 1.22 bits per heavy atom. The Balaban J connectivity index is 2.77. The highest BCUT2D eigenvalue weighted by Crippen LogP contribution is 2.17. The van der Waals surface area contributed by atoms with Crippen molar-refractivity contribution in [3.63, 3.8) is 0 Å². The lowest BCUT2D eigenvalue weighted by molar-refractivity contribution is -0.147. The van der Waals surface area contributed by atoms with Gasteiger partial charge in [-0.3, -0.25) is 4.79 Å². The maximum Gasteiger partial charge on any atom is 0.328 e. The van der Waals surface area contributed by atoms with Crippen molar-refractivity contribution in [2.24, 2.45) is 0 Å². The van der Waals surface area contributed by atoms with Gasteiger partial charge in [0.15, 0.2) is 0 Å². The van der Waals surface area contributed by atoms with E-state index in [1.54, 1.807) is 18.7 Å². The number of rotatable bonds is 8. The van der Waals surface area contributed by atoms with Crippen LogP contribution in [0.5, 0.6) is 0 Å². The normalized spacial score (nSPS) is 11.9. The van der Waals surface area contributed by atoms with Gasteiger partial charge in [-0.05, 0) is 62.8 Å². The molecule has 0 bridgehead atoms. The second kappa shape index (κ2) is 9.60. The number of hydrogen-bond donors (Lipinski definition) is 1. The van der Waals surface area contributed by atoms with E-state index in [-0.39, 0.29) is 18.3 Å². The number of amides is 1. The van der Waals surface area contributed by atoms with Crippen molar-refractivity contribution in [1.29, 1.82) is 0 Å². The Hall–Kier alpha value is -1.49. The number of carbonyl (C=O) groups excluding carboxylic acids is 2. The number of esters is 1. The molecule has 1 aromatic rings. The fourth-order valence-corrected chi connectivity index (χ4v) is 3.09. The molecule has 0 unspecified atom stereocenters. The van der Waals surface area contributed by atoms with Crippen LogP contribution in [0, 0.1) is 20.8 Å². The average molecular weight is 337 g/mol. The van der Waals surface area contributed by atoms with Crippen molar-refractivity contribution >= 4 is 23.6 Å². The number of nitrogens with one attached hydrogen (secondary N) is 1. The Morgan fingerprint density at radius 3 is 2.35 bits per heavy atom. The van der Waals surface area contributed by atoms with Gasteiger partial charge in [0.25, 0.3) is 0 Å². The van der Waals surface area contributed by atoms with Crippen LogP contribution in [0.2, 0.25) is 0 Å². The highest BCUT2D eigenvalue weighted by molar-refractivity contribution is 7.98. The van der Waals surface area contributed by atoms with Gasteiger partial charge in [-0.15, -0.1) is 0 Å². The second-order valence-electron chi connectivity index (χ2n) is 5.71. The second-order valence-corrected chi connectivity index (χ2v) is 6.69. The number of aryl methyl sites for hydroxylation is 3. The van der Waals surface area contributed by atoms with Crippen LogP contribution in [0.4, 0.5) is 0 Å². The van der Waals surface area contributed by atoms with Crippen LogP contribution < -0.4 is 5.32 Å². The molecule has 0 saturated heterocycles. The van der Waals surface area contributed by atoms with Crippen LogP contribution in [-0.4, -0.2) is 36.5 Å². The zero-order valence-electron chi connectivity index (χ0n) is 14.7. The summed E-state index contributed by atoms with van der Waals surface area (Å²) in [6.45, 7) is 8.16. The molecule has 1 aromatic carbocycles. The number of hydrogen-bond acceptors (Lipinski definition) is 4. The summed E-state index contributed by atoms with van der Waals surface area (Å²) in [5, 5.41) is 2.83. The highest BCUT2D eigenvalue weighted by Gasteiger charge is 2.22. The zero-order chi connectivity index (χ0) is 17.4. The third-order valence-electron chi connectivity index (χ3n) is 3.69. The van der Waals surface area contributed by atoms with Gasteiger partial charge >= 0.3 is 5.97 Å². The van der Waals surface area contributed by atoms with Crippen molar-refractivity contribution in [1.82, 2.24) is 5.32 Å². The van der Waals surface area contributed by atoms with Gasteiger partial charge in [-0.2, -0.15) is 11.8 Å². The maximum absolute atomic E-state index is 12.4. The molecule has 1 atom stereocenters. The van der Waals surface area contributed by atoms with Crippen LogP contribution in [0.3, 0.4) is 0 Å². The number of thioether (sulfide) groups is 1. The molecule has 0 radical (unpaired) electrons. The third kappa shape index (κ3) is 6.26. The first-order chi connectivity index (χ1) is 10.9. The Bertz CT molecular complexity index is 534. The van der Waals surface area contributed by atoms with Crippen LogP contribution in [0.15, 0.2) is 12.1 Å². The first kappa shape index (κ1) is 19.6. The van der Waals surface area contributed by atoms with Crippen molar-refractivity contribution in [2.45, 2.75) is 46.6 Å². The topological polar surface area (TPSA) is 55.4 Å². The minimum atomic E-state index is -0.569. The van der Waals surface area contributed by atoms with Crippen LogP contribution >= 0.6 is 11.8 Å². The zero-order valence-corrected chi connectivity index (χ0v) is 15.5. The van der Waals surface area contributed by atoms with E-state index in [1.165, 1.54) is 5.56 Å².